The van der Waals surface area contributed by atoms with Crippen LogP contribution in [0.2, 0.25) is 0 Å². The van der Waals surface area contributed by atoms with Crippen LogP contribution in [0.3, 0.4) is 0 Å². The molecule has 2 nitrogen and oxygen atoms in total. The van der Waals surface area contributed by atoms with Crippen LogP contribution < -0.4 is 0 Å². The van der Waals surface area contributed by atoms with Crippen molar-refractivity contribution in [2.45, 2.75) is 13.3 Å². The van der Waals surface area contributed by atoms with Crippen LogP contribution in [0.1, 0.15) is 10.6 Å². The van der Waals surface area contributed by atoms with Crippen molar-refractivity contribution in [3.8, 4) is 11.3 Å². The number of nitrogens with zero attached hydrogens (tertiary/aromatic N) is 1. The maximum Gasteiger partial charge on any atom is 0.126 e. The van der Waals surface area contributed by atoms with Gasteiger partial charge in [-0.3, -0.25) is 0 Å². The van der Waals surface area contributed by atoms with Crippen molar-refractivity contribution in [3.63, 3.8) is 0 Å². The average molecular weight is 296 g/mol. The number of aldehydes is 1. The molecule has 0 saturated heterocycles. The standard InChI is InChI=1S/C12H10BrNOS/c1-8-2-3-9(13)6-10(8)11-7-16-12(14-11)4-5-15/h2-3,5-7H,4H2,1H3. The molecule has 4 heteroatoms. The Hall–Kier alpha value is -1.00. The van der Waals surface area contributed by atoms with Gasteiger partial charge in [0.25, 0.3) is 0 Å². The van der Waals surface area contributed by atoms with Crippen molar-refractivity contribution in [2.75, 3.05) is 0 Å². The van der Waals surface area contributed by atoms with Gasteiger partial charge in [-0.15, -0.1) is 11.3 Å². The molecular formula is C12H10BrNOS. The SMILES string of the molecule is Cc1ccc(Br)cc1-c1csc(CC=O)n1. The molecule has 1 heterocycles. The van der Waals surface area contributed by atoms with E-state index in [2.05, 4.69) is 40.0 Å². The van der Waals surface area contributed by atoms with Crippen LogP contribution in [0.4, 0.5) is 0 Å². The highest BCUT2D eigenvalue weighted by Crippen LogP contribution is 2.27. The van der Waals surface area contributed by atoms with Gasteiger partial charge in [-0.1, -0.05) is 22.0 Å². The Morgan fingerprint density at radius 2 is 2.31 bits per heavy atom. The summed E-state index contributed by atoms with van der Waals surface area (Å²) in [5, 5.41) is 2.86. The summed E-state index contributed by atoms with van der Waals surface area (Å²) in [5.74, 6) is 0. The van der Waals surface area contributed by atoms with Gasteiger partial charge in [-0.25, -0.2) is 4.98 Å². The van der Waals surface area contributed by atoms with Crippen LogP contribution in [0.5, 0.6) is 0 Å². The molecule has 1 aromatic carbocycles. The van der Waals surface area contributed by atoms with Crippen molar-refractivity contribution < 1.29 is 4.79 Å². The summed E-state index contributed by atoms with van der Waals surface area (Å²) in [6.45, 7) is 2.06. The maximum absolute atomic E-state index is 10.4. The molecule has 0 saturated carbocycles. The third-order valence-corrected chi connectivity index (χ3v) is 3.65. The Morgan fingerprint density at radius 1 is 1.50 bits per heavy atom. The zero-order valence-corrected chi connectivity index (χ0v) is 11.1. The summed E-state index contributed by atoms with van der Waals surface area (Å²) >= 11 is 4.98. The van der Waals surface area contributed by atoms with Gasteiger partial charge in [0.15, 0.2) is 0 Å². The van der Waals surface area contributed by atoms with Gasteiger partial charge in [0.05, 0.1) is 12.1 Å². The molecule has 1 aromatic heterocycles. The summed E-state index contributed by atoms with van der Waals surface area (Å²) in [5.41, 5.74) is 3.24. The highest BCUT2D eigenvalue weighted by atomic mass is 79.9. The molecule has 0 radical (unpaired) electrons. The number of aryl methyl sites for hydroxylation is 1. The maximum atomic E-state index is 10.4. The van der Waals surface area contributed by atoms with Crippen LogP contribution in [-0.4, -0.2) is 11.3 Å². The zero-order chi connectivity index (χ0) is 11.5. The third kappa shape index (κ3) is 2.39. The molecule has 16 heavy (non-hydrogen) atoms. The van der Waals surface area contributed by atoms with Gasteiger partial charge >= 0.3 is 0 Å². The average Bonchev–Trinajstić information content (AvgIpc) is 2.71. The monoisotopic (exact) mass is 295 g/mol. The molecule has 0 N–H and O–H groups in total. The van der Waals surface area contributed by atoms with Gasteiger partial charge < -0.3 is 4.79 Å². The number of rotatable bonds is 3. The van der Waals surface area contributed by atoms with E-state index in [4.69, 9.17) is 0 Å². The highest BCUT2D eigenvalue weighted by Gasteiger charge is 2.07. The Morgan fingerprint density at radius 3 is 3.06 bits per heavy atom. The molecule has 2 aromatic rings. The fraction of sp³-hybridized carbons (Fsp3) is 0.167. The fourth-order valence-electron chi connectivity index (χ4n) is 1.47. The molecule has 0 unspecified atom stereocenters. The number of aromatic nitrogens is 1. The molecule has 2 rings (SSSR count). The number of carbonyl (C=O) groups is 1. The van der Waals surface area contributed by atoms with E-state index >= 15 is 0 Å². The van der Waals surface area contributed by atoms with Crippen molar-refractivity contribution in [1.82, 2.24) is 4.98 Å². The lowest BCUT2D eigenvalue weighted by Crippen LogP contribution is -1.86. The highest BCUT2D eigenvalue weighted by molar-refractivity contribution is 9.10. The number of hydrogen-bond donors (Lipinski definition) is 0. The largest absolute Gasteiger partial charge is 0.303 e. The summed E-state index contributed by atoms with van der Waals surface area (Å²) in [4.78, 5) is 14.8. The van der Waals surface area contributed by atoms with E-state index < -0.39 is 0 Å². The summed E-state index contributed by atoms with van der Waals surface area (Å²) in [6.07, 6.45) is 1.29. The van der Waals surface area contributed by atoms with Crippen molar-refractivity contribution in [3.05, 3.63) is 38.6 Å². The van der Waals surface area contributed by atoms with Gasteiger partial charge in [-0.05, 0) is 24.6 Å². The normalized spacial score (nSPS) is 10.4. The van der Waals surface area contributed by atoms with Crippen LogP contribution in [-0.2, 0) is 11.2 Å². The first-order chi connectivity index (χ1) is 7.70. The first-order valence-corrected chi connectivity index (χ1v) is 6.52. The molecule has 0 bridgehead atoms. The van der Waals surface area contributed by atoms with E-state index in [0.29, 0.717) is 6.42 Å². The predicted molar refractivity (Wildman–Crippen MR) is 69.8 cm³/mol. The summed E-state index contributed by atoms with van der Waals surface area (Å²) < 4.78 is 1.04. The lowest BCUT2D eigenvalue weighted by molar-refractivity contribution is -0.107. The Kier molecular flexibility index (Phi) is 3.51. The van der Waals surface area contributed by atoms with Crippen LogP contribution in [0.15, 0.2) is 28.1 Å². The lowest BCUT2D eigenvalue weighted by atomic mass is 10.1. The molecule has 0 amide bonds. The topological polar surface area (TPSA) is 30.0 Å². The van der Waals surface area contributed by atoms with Crippen molar-refractivity contribution in [1.29, 1.82) is 0 Å². The number of benzene rings is 1. The van der Waals surface area contributed by atoms with E-state index in [-0.39, 0.29) is 0 Å². The van der Waals surface area contributed by atoms with Crippen molar-refractivity contribution in [2.24, 2.45) is 0 Å². The molecule has 0 aliphatic carbocycles. The van der Waals surface area contributed by atoms with E-state index in [1.54, 1.807) is 0 Å². The van der Waals surface area contributed by atoms with Crippen LogP contribution in [0, 0.1) is 6.92 Å². The smallest absolute Gasteiger partial charge is 0.126 e. The van der Waals surface area contributed by atoms with Gasteiger partial charge in [-0.2, -0.15) is 0 Å². The summed E-state index contributed by atoms with van der Waals surface area (Å²) in [6, 6.07) is 6.12. The van der Waals surface area contributed by atoms with Crippen molar-refractivity contribution >= 4 is 33.6 Å². The minimum absolute atomic E-state index is 0.401. The third-order valence-electron chi connectivity index (χ3n) is 2.29. The van der Waals surface area contributed by atoms with E-state index in [1.165, 1.54) is 16.9 Å². The molecule has 82 valence electrons. The first-order valence-electron chi connectivity index (χ1n) is 4.85. The minimum Gasteiger partial charge on any atom is -0.303 e. The van der Waals surface area contributed by atoms with E-state index in [1.807, 2.05) is 11.4 Å². The second-order valence-corrected chi connectivity index (χ2v) is 5.31. The van der Waals surface area contributed by atoms with E-state index in [0.717, 1.165) is 27.0 Å². The second-order valence-electron chi connectivity index (χ2n) is 3.46. The van der Waals surface area contributed by atoms with Gasteiger partial charge in [0, 0.05) is 15.4 Å². The number of hydrogen-bond acceptors (Lipinski definition) is 3. The molecule has 0 fully saturated rings. The molecule has 0 atom stereocenters. The number of thiazole rings is 1. The molecular weight excluding hydrogens is 286 g/mol. The fourth-order valence-corrected chi connectivity index (χ4v) is 2.57. The molecule has 0 aliphatic rings. The quantitative estimate of drug-likeness (QED) is 0.810. The Balaban J connectivity index is 2.41. The van der Waals surface area contributed by atoms with Gasteiger partial charge in [0.2, 0.25) is 0 Å². The number of halogens is 1. The predicted octanol–water partition coefficient (Wildman–Crippen LogP) is 3.62. The van der Waals surface area contributed by atoms with E-state index in [9.17, 15) is 4.79 Å². The Bertz CT molecular complexity index is 521. The van der Waals surface area contributed by atoms with Crippen LogP contribution in [0.25, 0.3) is 11.3 Å². The minimum atomic E-state index is 0.401. The molecule has 0 spiro atoms. The Labute approximate surface area is 106 Å². The zero-order valence-electron chi connectivity index (χ0n) is 8.74. The summed E-state index contributed by atoms with van der Waals surface area (Å²) in [7, 11) is 0. The number of carbonyl (C=O) groups excluding carboxylic acids is 1. The molecule has 0 aliphatic heterocycles. The second kappa shape index (κ2) is 4.89. The lowest BCUT2D eigenvalue weighted by Gasteiger charge is -2.02. The van der Waals surface area contributed by atoms with Gasteiger partial charge in [0.1, 0.15) is 11.3 Å². The first kappa shape index (κ1) is 11.5. The van der Waals surface area contributed by atoms with Crippen LogP contribution >= 0.6 is 27.3 Å².